The van der Waals surface area contributed by atoms with Gasteiger partial charge in [0.15, 0.2) is 6.10 Å². The molecule has 1 unspecified atom stereocenters. The lowest BCUT2D eigenvalue weighted by Crippen LogP contribution is -2.29. The number of carbonyl (C=O) groups excluding carboxylic acids is 3. The standard InChI is InChI=1S/C25H42O6/c1-4-5-6-7-8-9-10-11-12-13-14-15-16-17-18-19-25(28)30-21-24(31-23(3)27)20-29-22(2)26/h8-9,11-12,24H,4-7,10,13-21H2,1-3H3/b9-8-,12-11-. The van der Waals surface area contributed by atoms with E-state index in [-0.39, 0.29) is 19.2 Å². The number of allylic oxidation sites excluding steroid dienone is 4. The average Bonchev–Trinajstić information content (AvgIpc) is 2.72. The molecule has 0 heterocycles. The van der Waals surface area contributed by atoms with E-state index in [2.05, 4.69) is 31.2 Å². The average molecular weight is 439 g/mol. The molecule has 0 fully saturated rings. The summed E-state index contributed by atoms with van der Waals surface area (Å²) in [5.41, 5.74) is 0. The van der Waals surface area contributed by atoms with Crippen LogP contribution >= 0.6 is 0 Å². The fourth-order valence-electron chi connectivity index (χ4n) is 2.90. The molecule has 31 heavy (non-hydrogen) atoms. The molecular formula is C25H42O6. The van der Waals surface area contributed by atoms with Crippen LogP contribution in [0.1, 0.15) is 97.8 Å². The van der Waals surface area contributed by atoms with Gasteiger partial charge >= 0.3 is 17.9 Å². The molecule has 1 atom stereocenters. The molecule has 0 N–H and O–H groups in total. The van der Waals surface area contributed by atoms with Crippen LogP contribution in [0.5, 0.6) is 0 Å². The van der Waals surface area contributed by atoms with E-state index in [4.69, 9.17) is 14.2 Å². The number of hydrogen-bond acceptors (Lipinski definition) is 6. The lowest BCUT2D eigenvalue weighted by atomic mass is 10.1. The molecule has 0 aromatic rings. The van der Waals surface area contributed by atoms with E-state index in [1.54, 1.807) is 0 Å². The van der Waals surface area contributed by atoms with Crippen molar-refractivity contribution in [3.63, 3.8) is 0 Å². The van der Waals surface area contributed by atoms with E-state index in [1.807, 2.05) is 0 Å². The van der Waals surface area contributed by atoms with Gasteiger partial charge in [0, 0.05) is 20.3 Å². The second-order valence-electron chi connectivity index (χ2n) is 7.70. The number of esters is 3. The van der Waals surface area contributed by atoms with E-state index in [0.717, 1.165) is 38.5 Å². The Balaban J connectivity index is 3.64. The largest absolute Gasteiger partial charge is 0.462 e. The zero-order chi connectivity index (χ0) is 23.2. The molecule has 0 radical (unpaired) electrons. The third-order valence-electron chi connectivity index (χ3n) is 4.57. The van der Waals surface area contributed by atoms with Crippen LogP contribution in [-0.4, -0.2) is 37.2 Å². The number of carbonyl (C=O) groups is 3. The second kappa shape index (κ2) is 21.1. The summed E-state index contributed by atoms with van der Waals surface area (Å²) < 4.78 is 14.9. The van der Waals surface area contributed by atoms with Gasteiger partial charge in [0.1, 0.15) is 13.2 Å². The minimum atomic E-state index is -0.769. The first-order chi connectivity index (χ1) is 15.0. The molecule has 6 nitrogen and oxygen atoms in total. The predicted octanol–water partition coefficient (Wildman–Crippen LogP) is 5.84. The van der Waals surface area contributed by atoms with Gasteiger partial charge in [-0.1, -0.05) is 63.3 Å². The highest BCUT2D eigenvalue weighted by atomic mass is 16.6. The molecule has 0 aliphatic carbocycles. The van der Waals surface area contributed by atoms with Crippen molar-refractivity contribution in [2.24, 2.45) is 0 Å². The number of hydrogen-bond donors (Lipinski definition) is 0. The zero-order valence-corrected chi connectivity index (χ0v) is 19.7. The van der Waals surface area contributed by atoms with Crippen LogP contribution in [-0.2, 0) is 28.6 Å². The van der Waals surface area contributed by atoms with E-state index >= 15 is 0 Å². The number of rotatable bonds is 19. The Hall–Kier alpha value is -2.11. The van der Waals surface area contributed by atoms with Gasteiger partial charge < -0.3 is 14.2 Å². The smallest absolute Gasteiger partial charge is 0.305 e. The van der Waals surface area contributed by atoms with Gasteiger partial charge in [-0.15, -0.1) is 0 Å². The monoisotopic (exact) mass is 438 g/mol. The van der Waals surface area contributed by atoms with Gasteiger partial charge in [0.05, 0.1) is 0 Å². The Bertz CT molecular complexity index is 538. The maximum absolute atomic E-state index is 11.8. The van der Waals surface area contributed by atoms with Crippen LogP contribution in [0.4, 0.5) is 0 Å². The Labute approximate surface area is 188 Å². The van der Waals surface area contributed by atoms with E-state index in [1.165, 1.54) is 46.0 Å². The van der Waals surface area contributed by atoms with Crippen LogP contribution in [0.3, 0.4) is 0 Å². The number of ether oxygens (including phenoxy) is 3. The van der Waals surface area contributed by atoms with Crippen molar-refractivity contribution < 1.29 is 28.6 Å². The van der Waals surface area contributed by atoms with E-state index < -0.39 is 18.0 Å². The van der Waals surface area contributed by atoms with Crippen LogP contribution in [0.15, 0.2) is 24.3 Å². The Morgan fingerprint density at radius 3 is 1.90 bits per heavy atom. The Kier molecular flexibility index (Phi) is 19.7. The summed E-state index contributed by atoms with van der Waals surface area (Å²) in [5, 5.41) is 0. The van der Waals surface area contributed by atoms with Crippen LogP contribution in [0.25, 0.3) is 0 Å². The normalized spacial score (nSPS) is 12.2. The molecule has 0 aliphatic rings. The third kappa shape index (κ3) is 22.4. The van der Waals surface area contributed by atoms with Gasteiger partial charge in [-0.3, -0.25) is 14.4 Å². The highest BCUT2D eigenvalue weighted by Crippen LogP contribution is 2.09. The number of unbranched alkanes of at least 4 members (excludes halogenated alkanes) is 8. The Morgan fingerprint density at radius 1 is 0.710 bits per heavy atom. The van der Waals surface area contributed by atoms with Crippen LogP contribution in [0, 0.1) is 0 Å². The molecule has 0 bridgehead atoms. The molecule has 0 aliphatic heterocycles. The van der Waals surface area contributed by atoms with Crippen molar-refractivity contribution in [1.29, 1.82) is 0 Å². The molecule has 0 amide bonds. The maximum Gasteiger partial charge on any atom is 0.305 e. The van der Waals surface area contributed by atoms with Gasteiger partial charge in [-0.2, -0.15) is 0 Å². The molecule has 0 saturated carbocycles. The molecule has 178 valence electrons. The molecule has 0 rings (SSSR count). The maximum atomic E-state index is 11.8. The minimum Gasteiger partial charge on any atom is -0.462 e. The highest BCUT2D eigenvalue weighted by molar-refractivity contribution is 5.69. The minimum absolute atomic E-state index is 0.105. The molecule has 0 spiro atoms. The topological polar surface area (TPSA) is 78.9 Å². The molecule has 0 aromatic carbocycles. The quantitative estimate of drug-likeness (QED) is 0.109. The molecule has 0 aromatic heterocycles. The van der Waals surface area contributed by atoms with Gasteiger partial charge in [0.25, 0.3) is 0 Å². The first kappa shape index (κ1) is 28.9. The Morgan fingerprint density at radius 2 is 1.29 bits per heavy atom. The first-order valence-electron chi connectivity index (χ1n) is 11.7. The SMILES string of the molecule is CCCCC/C=C\C/C=C\CCCCCCCC(=O)OCC(COC(C)=O)OC(C)=O. The van der Waals surface area contributed by atoms with Gasteiger partial charge in [0.2, 0.25) is 0 Å². The summed E-state index contributed by atoms with van der Waals surface area (Å²) in [6.45, 7) is 4.52. The van der Waals surface area contributed by atoms with Crippen molar-refractivity contribution in [3.8, 4) is 0 Å². The first-order valence-corrected chi connectivity index (χ1v) is 11.7. The van der Waals surface area contributed by atoms with Crippen molar-refractivity contribution in [2.75, 3.05) is 13.2 Å². The summed E-state index contributed by atoms with van der Waals surface area (Å²) in [4.78, 5) is 33.7. The lowest BCUT2D eigenvalue weighted by molar-refractivity contribution is -0.164. The van der Waals surface area contributed by atoms with Crippen molar-refractivity contribution >= 4 is 17.9 Å². The predicted molar refractivity (Wildman–Crippen MR) is 123 cm³/mol. The van der Waals surface area contributed by atoms with E-state index in [9.17, 15) is 14.4 Å². The third-order valence-corrected chi connectivity index (χ3v) is 4.57. The summed E-state index contributed by atoms with van der Waals surface area (Å²) in [6, 6.07) is 0. The summed E-state index contributed by atoms with van der Waals surface area (Å²) >= 11 is 0. The van der Waals surface area contributed by atoms with Crippen LogP contribution in [0.2, 0.25) is 0 Å². The van der Waals surface area contributed by atoms with Gasteiger partial charge in [-0.25, -0.2) is 0 Å². The second-order valence-corrected chi connectivity index (χ2v) is 7.70. The highest BCUT2D eigenvalue weighted by Gasteiger charge is 2.16. The van der Waals surface area contributed by atoms with Gasteiger partial charge in [-0.05, 0) is 38.5 Å². The summed E-state index contributed by atoms with van der Waals surface area (Å²) in [7, 11) is 0. The van der Waals surface area contributed by atoms with Crippen molar-refractivity contribution in [1.82, 2.24) is 0 Å². The fraction of sp³-hybridized carbons (Fsp3) is 0.720. The van der Waals surface area contributed by atoms with E-state index in [0.29, 0.717) is 6.42 Å². The van der Waals surface area contributed by atoms with Crippen molar-refractivity contribution in [3.05, 3.63) is 24.3 Å². The fourth-order valence-corrected chi connectivity index (χ4v) is 2.90. The summed E-state index contributed by atoms with van der Waals surface area (Å²) in [6.07, 6.45) is 21.0. The lowest BCUT2D eigenvalue weighted by Gasteiger charge is -2.16. The molecule has 6 heteroatoms. The summed E-state index contributed by atoms with van der Waals surface area (Å²) in [5.74, 6) is -1.32. The van der Waals surface area contributed by atoms with Crippen molar-refractivity contribution in [2.45, 2.75) is 104 Å². The molecular weight excluding hydrogens is 396 g/mol. The molecule has 0 saturated heterocycles. The van der Waals surface area contributed by atoms with Crippen LogP contribution < -0.4 is 0 Å². The zero-order valence-electron chi connectivity index (χ0n) is 19.7.